The highest BCUT2D eigenvalue weighted by Gasteiger charge is 2.17. The van der Waals surface area contributed by atoms with Gasteiger partial charge >= 0.3 is 0 Å². The van der Waals surface area contributed by atoms with E-state index in [0.717, 1.165) is 0 Å². The van der Waals surface area contributed by atoms with Crippen LogP contribution in [0.25, 0.3) is 0 Å². The molecule has 0 atom stereocenters. The zero-order chi connectivity index (χ0) is 10.7. The molecule has 0 saturated heterocycles. The van der Waals surface area contributed by atoms with Crippen molar-refractivity contribution >= 4 is 0 Å². The Morgan fingerprint density at radius 2 is 1.50 bits per heavy atom. The summed E-state index contributed by atoms with van der Waals surface area (Å²) in [4.78, 5) is 0. The zero-order valence-corrected chi connectivity index (χ0v) is 8.36. The normalized spacial score (nSPS) is 10.1. The van der Waals surface area contributed by atoms with E-state index < -0.39 is 11.6 Å². The van der Waals surface area contributed by atoms with Crippen molar-refractivity contribution in [2.45, 2.75) is 13.3 Å². The smallest absolute Gasteiger partial charge is 0.171 e. The van der Waals surface area contributed by atoms with Crippen LogP contribution in [0.4, 0.5) is 8.78 Å². The van der Waals surface area contributed by atoms with E-state index in [1.165, 1.54) is 20.3 Å². The van der Waals surface area contributed by atoms with Crippen LogP contribution in [0, 0.1) is 11.6 Å². The third-order valence-electron chi connectivity index (χ3n) is 2.02. The lowest BCUT2D eigenvalue weighted by atomic mass is 10.1. The van der Waals surface area contributed by atoms with Gasteiger partial charge in [-0.3, -0.25) is 0 Å². The monoisotopic (exact) mass is 202 g/mol. The Morgan fingerprint density at radius 3 is 1.79 bits per heavy atom. The first kappa shape index (κ1) is 10.8. The van der Waals surface area contributed by atoms with Crippen molar-refractivity contribution in [1.29, 1.82) is 0 Å². The van der Waals surface area contributed by atoms with Gasteiger partial charge in [-0.05, 0) is 6.42 Å². The number of methoxy groups -OCH3 is 2. The molecule has 0 aliphatic rings. The molecule has 0 radical (unpaired) electrons. The summed E-state index contributed by atoms with van der Waals surface area (Å²) in [6.07, 6.45) is 0.255. The second-order valence-electron chi connectivity index (χ2n) is 2.74. The highest BCUT2D eigenvalue weighted by molar-refractivity contribution is 5.41. The lowest BCUT2D eigenvalue weighted by molar-refractivity contribution is 0.354. The van der Waals surface area contributed by atoms with Crippen molar-refractivity contribution in [1.82, 2.24) is 0 Å². The first-order valence-corrected chi connectivity index (χ1v) is 4.24. The molecule has 0 aliphatic heterocycles. The number of hydrogen-bond donors (Lipinski definition) is 0. The van der Waals surface area contributed by atoms with Gasteiger partial charge in [-0.25, -0.2) is 8.78 Å². The number of rotatable bonds is 3. The molecule has 14 heavy (non-hydrogen) atoms. The van der Waals surface area contributed by atoms with E-state index in [1.54, 1.807) is 6.92 Å². The summed E-state index contributed by atoms with van der Waals surface area (Å²) in [5.41, 5.74) is -0.0128. The molecule has 78 valence electrons. The van der Waals surface area contributed by atoms with Crippen LogP contribution in [0.3, 0.4) is 0 Å². The third-order valence-corrected chi connectivity index (χ3v) is 2.02. The largest absolute Gasteiger partial charge is 0.494 e. The van der Waals surface area contributed by atoms with Crippen molar-refractivity contribution in [3.8, 4) is 11.5 Å². The summed E-state index contributed by atoms with van der Waals surface area (Å²) in [6.45, 7) is 1.67. The zero-order valence-electron chi connectivity index (χ0n) is 8.36. The first-order chi connectivity index (χ1) is 6.65. The van der Waals surface area contributed by atoms with E-state index in [1.807, 2.05) is 0 Å². The Balaban J connectivity index is 3.39. The Bertz CT molecular complexity index is 309. The average Bonchev–Trinajstić information content (AvgIpc) is 2.19. The number of halogens is 2. The maximum atomic E-state index is 13.4. The van der Waals surface area contributed by atoms with Gasteiger partial charge in [0.1, 0.15) is 0 Å². The van der Waals surface area contributed by atoms with Gasteiger partial charge < -0.3 is 9.47 Å². The first-order valence-electron chi connectivity index (χ1n) is 4.24. The van der Waals surface area contributed by atoms with Gasteiger partial charge in [0.15, 0.2) is 23.1 Å². The van der Waals surface area contributed by atoms with E-state index in [2.05, 4.69) is 0 Å². The fraction of sp³-hybridized carbons (Fsp3) is 0.400. The molecule has 1 rings (SSSR count). The van der Waals surface area contributed by atoms with Gasteiger partial charge in [0.2, 0.25) is 0 Å². The van der Waals surface area contributed by atoms with E-state index in [4.69, 9.17) is 9.47 Å². The quantitative estimate of drug-likeness (QED) is 0.749. The van der Waals surface area contributed by atoms with Crippen molar-refractivity contribution in [3.63, 3.8) is 0 Å². The number of benzene rings is 1. The van der Waals surface area contributed by atoms with Crippen LogP contribution in [-0.4, -0.2) is 14.2 Å². The van der Waals surface area contributed by atoms with E-state index in [9.17, 15) is 8.78 Å². The van der Waals surface area contributed by atoms with Gasteiger partial charge in [0.25, 0.3) is 0 Å². The van der Waals surface area contributed by atoms with Crippen LogP contribution >= 0.6 is 0 Å². The molecule has 1 aromatic carbocycles. The molecule has 4 heteroatoms. The molecule has 0 heterocycles. The minimum atomic E-state index is -0.659. The fourth-order valence-corrected chi connectivity index (χ4v) is 1.25. The summed E-state index contributed by atoms with van der Waals surface area (Å²) in [7, 11) is 2.66. The Hall–Kier alpha value is -1.32. The molecule has 0 amide bonds. The van der Waals surface area contributed by atoms with E-state index >= 15 is 0 Å². The Morgan fingerprint density at radius 1 is 1.07 bits per heavy atom. The standard InChI is InChI=1S/C10H12F2O2/c1-4-6-9(11)7(13-2)5-8(14-3)10(6)12/h5H,4H2,1-3H3. The molecule has 0 unspecified atom stereocenters. The van der Waals surface area contributed by atoms with Gasteiger partial charge in [-0.1, -0.05) is 6.92 Å². The lowest BCUT2D eigenvalue weighted by Crippen LogP contribution is -2.01. The summed E-state index contributed by atoms with van der Waals surface area (Å²) >= 11 is 0. The Labute approximate surface area is 81.4 Å². The molecule has 0 saturated carbocycles. The van der Waals surface area contributed by atoms with Gasteiger partial charge in [0, 0.05) is 11.6 Å². The van der Waals surface area contributed by atoms with Gasteiger partial charge in [-0.2, -0.15) is 0 Å². The van der Waals surface area contributed by atoms with Crippen LogP contribution in [0.2, 0.25) is 0 Å². The average molecular weight is 202 g/mol. The van der Waals surface area contributed by atoms with Crippen LogP contribution < -0.4 is 9.47 Å². The molecule has 0 aromatic heterocycles. The van der Waals surface area contributed by atoms with E-state index in [0.29, 0.717) is 0 Å². The predicted molar refractivity (Wildman–Crippen MR) is 48.8 cm³/mol. The molecule has 0 aliphatic carbocycles. The maximum absolute atomic E-state index is 13.4. The molecule has 2 nitrogen and oxygen atoms in total. The molecular weight excluding hydrogens is 190 g/mol. The summed E-state index contributed by atoms with van der Waals surface area (Å²) < 4.78 is 36.4. The molecule has 0 bridgehead atoms. The molecule has 0 spiro atoms. The predicted octanol–water partition coefficient (Wildman–Crippen LogP) is 2.54. The maximum Gasteiger partial charge on any atom is 0.171 e. The van der Waals surface area contributed by atoms with Gasteiger partial charge in [0.05, 0.1) is 14.2 Å². The van der Waals surface area contributed by atoms with Crippen molar-refractivity contribution in [2.24, 2.45) is 0 Å². The molecule has 0 fully saturated rings. The van der Waals surface area contributed by atoms with Crippen LogP contribution in [0.15, 0.2) is 6.07 Å². The minimum Gasteiger partial charge on any atom is -0.494 e. The van der Waals surface area contributed by atoms with Crippen LogP contribution in [0.5, 0.6) is 11.5 Å². The van der Waals surface area contributed by atoms with Crippen molar-refractivity contribution < 1.29 is 18.3 Å². The highest BCUT2D eigenvalue weighted by atomic mass is 19.1. The van der Waals surface area contributed by atoms with E-state index in [-0.39, 0.29) is 23.5 Å². The fourth-order valence-electron chi connectivity index (χ4n) is 1.25. The summed E-state index contributed by atoms with van der Waals surface area (Å²) in [5, 5.41) is 0. The second-order valence-corrected chi connectivity index (χ2v) is 2.74. The third kappa shape index (κ3) is 1.64. The minimum absolute atomic E-state index is 0.0000926. The van der Waals surface area contributed by atoms with Crippen molar-refractivity contribution in [2.75, 3.05) is 14.2 Å². The van der Waals surface area contributed by atoms with Gasteiger partial charge in [-0.15, -0.1) is 0 Å². The number of hydrogen-bond acceptors (Lipinski definition) is 2. The van der Waals surface area contributed by atoms with Crippen molar-refractivity contribution in [3.05, 3.63) is 23.3 Å². The lowest BCUT2D eigenvalue weighted by Gasteiger charge is -2.10. The molecule has 0 N–H and O–H groups in total. The molecular formula is C10H12F2O2. The highest BCUT2D eigenvalue weighted by Crippen LogP contribution is 2.31. The Kier molecular flexibility index (Phi) is 3.28. The van der Waals surface area contributed by atoms with Crippen LogP contribution in [0.1, 0.15) is 12.5 Å². The summed E-state index contributed by atoms with van der Waals surface area (Å²) in [6, 6.07) is 1.20. The number of ether oxygens (including phenoxy) is 2. The summed E-state index contributed by atoms with van der Waals surface area (Å²) in [5.74, 6) is -1.32. The topological polar surface area (TPSA) is 18.5 Å². The second kappa shape index (κ2) is 4.26. The molecule has 1 aromatic rings. The van der Waals surface area contributed by atoms with Crippen LogP contribution in [-0.2, 0) is 6.42 Å². The SMILES string of the molecule is CCc1c(F)c(OC)cc(OC)c1F.